The lowest BCUT2D eigenvalue weighted by Gasteiger charge is -2.23. The van der Waals surface area contributed by atoms with Crippen LogP contribution in [-0.4, -0.2) is 31.8 Å². The normalized spacial score (nSPS) is 18.9. The summed E-state index contributed by atoms with van der Waals surface area (Å²) in [7, 11) is 0. The summed E-state index contributed by atoms with van der Waals surface area (Å²) in [5.74, 6) is 0.505. The third-order valence-corrected chi connectivity index (χ3v) is 4.01. The maximum atomic E-state index is 5.94. The van der Waals surface area contributed by atoms with E-state index < -0.39 is 0 Å². The smallest absolute Gasteiger partial charge is 0.188 e. The maximum absolute atomic E-state index is 5.94. The van der Waals surface area contributed by atoms with Crippen LogP contribution in [0, 0.1) is 6.92 Å². The topological polar surface area (TPSA) is 59.6 Å². The number of benzene rings is 1. The van der Waals surface area contributed by atoms with Gasteiger partial charge in [-0.05, 0) is 25.3 Å². The van der Waals surface area contributed by atoms with Crippen LogP contribution in [0.15, 0.2) is 29.3 Å². The molecule has 1 saturated heterocycles. The van der Waals surface area contributed by atoms with Crippen LogP contribution in [0.4, 0.5) is 0 Å². The van der Waals surface area contributed by atoms with E-state index in [2.05, 4.69) is 55.3 Å². The third kappa shape index (κ3) is 5.76. The van der Waals surface area contributed by atoms with Crippen molar-refractivity contribution in [2.24, 2.45) is 10.7 Å². The number of hydrogen-bond donors (Lipinski definition) is 2. The Hall–Kier alpha value is -0.820. The molecule has 22 heavy (non-hydrogen) atoms. The van der Waals surface area contributed by atoms with Gasteiger partial charge in [-0.1, -0.05) is 43.7 Å². The molecule has 124 valence electrons. The molecule has 0 radical (unpaired) electrons. The Kier molecular flexibility index (Phi) is 7.62. The second-order valence-electron chi connectivity index (χ2n) is 6.47. The largest absolute Gasteiger partial charge is 0.376 e. The highest BCUT2D eigenvalue weighted by molar-refractivity contribution is 14.0. The van der Waals surface area contributed by atoms with Crippen molar-refractivity contribution < 1.29 is 4.74 Å². The van der Waals surface area contributed by atoms with Gasteiger partial charge in [0.1, 0.15) is 0 Å². The zero-order valence-corrected chi connectivity index (χ0v) is 16.1. The first-order valence-electron chi connectivity index (χ1n) is 7.70. The first-order chi connectivity index (χ1) is 9.97. The van der Waals surface area contributed by atoms with E-state index in [0.29, 0.717) is 12.5 Å². The van der Waals surface area contributed by atoms with Crippen molar-refractivity contribution in [3.05, 3.63) is 35.4 Å². The van der Waals surface area contributed by atoms with Crippen molar-refractivity contribution >= 4 is 29.9 Å². The van der Waals surface area contributed by atoms with Crippen LogP contribution in [0.5, 0.6) is 0 Å². The Bertz CT molecular complexity index is 479. The lowest BCUT2D eigenvalue weighted by atomic mass is 9.84. The van der Waals surface area contributed by atoms with Gasteiger partial charge in [-0.3, -0.25) is 4.99 Å². The zero-order valence-electron chi connectivity index (χ0n) is 13.8. The van der Waals surface area contributed by atoms with Gasteiger partial charge in [-0.15, -0.1) is 24.0 Å². The van der Waals surface area contributed by atoms with Crippen LogP contribution in [0.1, 0.15) is 37.8 Å². The molecule has 1 fully saturated rings. The van der Waals surface area contributed by atoms with E-state index in [1.54, 1.807) is 0 Å². The summed E-state index contributed by atoms with van der Waals surface area (Å²) in [6, 6.07) is 8.61. The predicted molar refractivity (Wildman–Crippen MR) is 103 cm³/mol. The minimum atomic E-state index is -0.0239. The molecule has 3 N–H and O–H groups in total. The molecule has 1 aliphatic rings. The van der Waals surface area contributed by atoms with Crippen LogP contribution >= 0.6 is 24.0 Å². The molecule has 1 aromatic carbocycles. The second-order valence-corrected chi connectivity index (χ2v) is 6.47. The van der Waals surface area contributed by atoms with Gasteiger partial charge in [-0.2, -0.15) is 0 Å². The predicted octanol–water partition coefficient (Wildman–Crippen LogP) is 2.97. The quantitative estimate of drug-likeness (QED) is 0.440. The Morgan fingerprint density at radius 2 is 2.05 bits per heavy atom. The number of nitrogens with zero attached hydrogens (tertiary/aromatic N) is 1. The fraction of sp³-hybridized carbons (Fsp3) is 0.588. The maximum Gasteiger partial charge on any atom is 0.188 e. The zero-order chi connectivity index (χ0) is 15.3. The van der Waals surface area contributed by atoms with E-state index in [1.165, 1.54) is 11.1 Å². The number of hydrogen-bond acceptors (Lipinski definition) is 2. The highest BCUT2D eigenvalue weighted by Gasteiger charge is 2.20. The number of nitrogens with one attached hydrogen (secondary N) is 1. The number of halogens is 1. The van der Waals surface area contributed by atoms with Crippen LogP contribution in [0.25, 0.3) is 0 Å². The van der Waals surface area contributed by atoms with Gasteiger partial charge in [0.2, 0.25) is 0 Å². The molecule has 4 nitrogen and oxygen atoms in total. The summed E-state index contributed by atoms with van der Waals surface area (Å²) in [5.41, 5.74) is 8.48. The lowest BCUT2D eigenvalue weighted by molar-refractivity contribution is 0.114. The van der Waals surface area contributed by atoms with Crippen molar-refractivity contribution in [3.8, 4) is 0 Å². The standard InChI is InChI=1S/C17H27N3O.HI/c1-13-6-8-14(9-7-13)17(2,3)12-20-16(18)19-11-15-5-4-10-21-15;/h6-9,15H,4-5,10-12H2,1-3H3,(H3,18,19,20);1H. The van der Waals surface area contributed by atoms with Gasteiger partial charge in [0.15, 0.2) is 5.96 Å². The summed E-state index contributed by atoms with van der Waals surface area (Å²) in [6.07, 6.45) is 2.53. The van der Waals surface area contributed by atoms with Gasteiger partial charge in [0.05, 0.1) is 12.6 Å². The first kappa shape index (κ1) is 19.2. The van der Waals surface area contributed by atoms with E-state index in [4.69, 9.17) is 10.5 Å². The van der Waals surface area contributed by atoms with E-state index in [-0.39, 0.29) is 35.5 Å². The molecule has 0 saturated carbocycles. The average molecular weight is 417 g/mol. The summed E-state index contributed by atoms with van der Waals surface area (Å²) in [6.45, 7) is 8.76. The average Bonchev–Trinajstić information content (AvgIpc) is 2.97. The lowest BCUT2D eigenvalue weighted by Crippen LogP contribution is -2.38. The molecule has 1 aromatic rings. The van der Waals surface area contributed by atoms with Gasteiger partial charge < -0.3 is 15.8 Å². The fourth-order valence-electron chi connectivity index (χ4n) is 2.46. The molecular formula is C17H28IN3O. The summed E-state index contributed by atoms with van der Waals surface area (Å²) >= 11 is 0. The number of ether oxygens (including phenoxy) is 1. The molecule has 1 atom stereocenters. The highest BCUT2D eigenvalue weighted by Crippen LogP contribution is 2.23. The van der Waals surface area contributed by atoms with Gasteiger partial charge in [-0.25, -0.2) is 0 Å². The van der Waals surface area contributed by atoms with E-state index >= 15 is 0 Å². The number of rotatable bonds is 5. The van der Waals surface area contributed by atoms with Gasteiger partial charge >= 0.3 is 0 Å². The Labute approximate surface area is 150 Å². The van der Waals surface area contributed by atoms with Crippen molar-refractivity contribution in [1.29, 1.82) is 0 Å². The number of nitrogens with two attached hydrogens (primary N) is 1. The monoisotopic (exact) mass is 417 g/mol. The number of guanidine groups is 1. The number of aryl methyl sites for hydroxylation is 1. The second kappa shape index (κ2) is 8.72. The molecule has 1 heterocycles. The molecule has 0 amide bonds. The fourth-order valence-corrected chi connectivity index (χ4v) is 2.46. The summed E-state index contributed by atoms with van der Waals surface area (Å²) in [4.78, 5) is 4.48. The van der Waals surface area contributed by atoms with E-state index in [0.717, 1.165) is 26.0 Å². The van der Waals surface area contributed by atoms with Crippen LogP contribution in [0.2, 0.25) is 0 Å². The molecule has 1 aliphatic heterocycles. The van der Waals surface area contributed by atoms with Gasteiger partial charge in [0.25, 0.3) is 0 Å². The Morgan fingerprint density at radius 1 is 1.36 bits per heavy atom. The van der Waals surface area contributed by atoms with Crippen molar-refractivity contribution in [2.45, 2.75) is 45.1 Å². The Morgan fingerprint density at radius 3 is 2.64 bits per heavy atom. The van der Waals surface area contributed by atoms with Gasteiger partial charge in [0, 0.05) is 18.6 Å². The summed E-state index contributed by atoms with van der Waals surface area (Å²) in [5, 5.41) is 3.16. The third-order valence-electron chi connectivity index (χ3n) is 4.01. The highest BCUT2D eigenvalue weighted by atomic mass is 127. The first-order valence-corrected chi connectivity index (χ1v) is 7.70. The van der Waals surface area contributed by atoms with Crippen molar-refractivity contribution in [3.63, 3.8) is 0 Å². The molecule has 0 spiro atoms. The molecule has 0 bridgehead atoms. The molecule has 2 rings (SSSR count). The van der Waals surface area contributed by atoms with E-state index in [9.17, 15) is 0 Å². The van der Waals surface area contributed by atoms with Crippen LogP contribution in [-0.2, 0) is 10.2 Å². The Balaban J connectivity index is 0.00000242. The molecule has 1 unspecified atom stereocenters. The molecule has 0 aliphatic carbocycles. The number of aliphatic imine (C=N–C) groups is 1. The van der Waals surface area contributed by atoms with Crippen molar-refractivity contribution in [1.82, 2.24) is 5.32 Å². The molecular weight excluding hydrogens is 389 g/mol. The van der Waals surface area contributed by atoms with Crippen molar-refractivity contribution in [2.75, 3.05) is 19.7 Å². The van der Waals surface area contributed by atoms with Crippen LogP contribution < -0.4 is 11.1 Å². The SMILES string of the molecule is Cc1ccc(C(C)(C)CN=C(N)NCC2CCCO2)cc1.I. The minimum absolute atomic E-state index is 0. The summed E-state index contributed by atoms with van der Waals surface area (Å²) < 4.78 is 5.56. The van der Waals surface area contributed by atoms with E-state index in [1.807, 2.05) is 0 Å². The molecule has 0 aromatic heterocycles. The molecule has 5 heteroatoms. The minimum Gasteiger partial charge on any atom is -0.376 e. The van der Waals surface area contributed by atoms with Crippen LogP contribution in [0.3, 0.4) is 0 Å².